The molecule has 0 bridgehead atoms. The molecule has 1 amide bonds. The number of nitrogens with one attached hydrogen (secondary N) is 1. The lowest BCUT2D eigenvalue weighted by Gasteiger charge is -2.30. The van der Waals surface area contributed by atoms with Crippen LogP contribution < -0.4 is 11.1 Å². The molecule has 17 heavy (non-hydrogen) atoms. The summed E-state index contributed by atoms with van der Waals surface area (Å²) >= 11 is 0. The number of rotatable bonds is 6. The van der Waals surface area contributed by atoms with Crippen molar-refractivity contribution in [2.75, 3.05) is 13.1 Å². The average molecular weight is 232 g/mol. The Morgan fingerprint density at radius 2 is 2.18 bits per heavy atom. The minimum absolute atomic E-state index is 0.155. The monoisotopic (exact) mass is 232 g/mol. The van der Waals surface area contributed by atoms with Gasteiger partial charge in [0.05, 0.1) is 0 Å². The smallest absolute Gasteiger partial charge is 0.220 e. The number of carbonyl (C=O) groups excluding carboxylic acids is 1. The molecule has 0 fully saturated rings. The molecule has 1 atom stereocenters. The molecule has 0 aromatic heterocycles. The molecule has 1 aliphatic carbocycles. The second kappa shape index (κ2) is 5.82. The third-order valence-electron chi connectivity index (χ3n) is 3.36. The number of fused-ring (bicyclic) bond motifs is 1. The van der Waals surface area contributed by atoms with Crippen molar-refractivity contribution in [3.05, 3.63) is 35.4 Å². The zero-order chi connectivity index (χ0) is 12.1. The molecule has 1 aliphatic rings. The highest BCUT2D eigenvalue weighted by molar-refractivity contribution is 5.75. The van der Waals surface area contributed by atoms with E-state index in [9.17, 15) is 4.79 Å². The molecular formula is C14H20N2O. The molecule has 0 radical (unpaired) electrons. The highest BCUT2D eigenvalue weighted by Gasteiger charge is 2.25. The van der Waals surface area contributed by atoms with Crippen LogP contribution in [0.1, 0.15) is 36.3 Å². The van der Waals surface area contributed by atoms with Gasteiger partial charge < -0.3 is 11.1 Å². The fourth-order valence-electron chi connectivity index (χ4n) is 2.30. The predicted molar refractivity (Wildman–Crippen MR) is 68.8 cm³/mol. The van der Waals surface area contributed by atoms with Crippen LogP contribution in [0.25, 0.3) is 0 Å². The Kier molecular flexibility index (Phi) is 4.15. The first-order chi connectivity index (χ1) is 8.31. The van der Waals surface area contributed by atoms with Crippen LogP contribution >= 0.6 is 0 Å². The molecule has 1 aromatic rings. The highest BCUT2D eigenvalue weighted by Crippen LogP contribution is 2.33. The molecule has 0 aliphatic heterocycles. The van der Waals surface area contributed by atoms with Crippen molar-refractivity contribution in [3.63, 3.8) is 0 Å². The quantitative estimate of drug-likeness (QED) is 0.731. The van der Waals surface area contributed by atoms with Crippen molar-refractivity contribution in [2.45, 2.75) is 31.6 Å². The van der Waals surface area contributed by atoms with E-state index in [2.05, 4.69) is 29.6 Å². The molecule has 0 spiro atoms. The lowest BCUT2D eigenvalue weighted by Crippen LogP contribution is -2.33. The van der Waals surface area contributed by atoms with Gasteiger partial charge in [0.2, 0.25) is 5.91 Å². The second-order valence-electron chi connectivity index (χ2n) is 4.65. The van der Waals surface area contributed by atoms with E-state index >= 15 is 0 Å². The van der Waals surface area contributed by atoms with Crippen LogP contribution in [0.4, 0.5) is 0 Å². The van der Waals surface area contributed by atoms with Gasteiger partial charge >= 0.3 is 0 Å². The molecule has 92 valence electrons. The number of carbonyl (C=O) groups is 1. The molecular weight excluding hydrogens is 212 g/mol. The maximum atomic E-state index is 11.5. The molecule has 0 saturated carbocycles. The van der Waals surface area contributed by atoms with E-state index in [-0.39, 0.29) is 5.91 Å². The lowest BCUT2D eigenvalue weighted by atomic mass is 9.77. The Bertz CT molecular complexity index is 390. The van der Waals surface area contributed by atoms with Crippen LogP contribution in [0.2, 0.25) is 0 Å². The third-order valence-corrected chi connectivity index (χ3v) is 3.36. The van der Waals surface area contributed by atoms with E-state index in [1.165, 1.54) is 11.1 Å². The Balaban J connectivity index is 1.69. The first-order valence-electron chi connectivity index (χ1n) is 6.36. The number of amides is 1. The van der Waals surface area contributed by atoms with Gasteiger partial charge in [-0.2, -0.15) is 0 Å². The van der Waals surface area contributed by atoms with Crippen LogP contribution in [-0.4, -0.2) is 19.0 Å². The Hall–Kier alpha value is -1.35. The van der Waals surface area contributed by atoms with Crippen LogP contribution in [0.5, 0.6) is 0 Å². The van der Waals surface area contributed by atoms with E-state index in [1.54, 1.807) is 0 Å². The van der Waals surface area contributed by atoms with Crippen LogP contribution in [0, 0.1) is 0 Å². The van der Waals surface area contributed by atoms with Crippen LogP contribution in [0.3, 0.4) is 0 Å². The summed E-state index contributed by atoms with van der Waals surface area (Å²) in [5.41, 5.74) is 8.21. The molecule has 3 N–H and O–H groups in total. The van der Waals surface area contributed by atoms with Gasteiger partial charge in [0.15, 0.2) is 0 Å². The summed E-state index contributed by atoms with van der Waals surface area (Å²) in [7, 11) is 0. The molecule has 1 unspecified atom stereocenters. The molecule has 2 rings (SSSR count). The number of nitrogens with two attached hydrogens (primary N) is 1. The number of unbranched alkanes of at least 4 members (excludes halogenated alkanes) is 1. The first-order valence-corrected chi connectivity index (χ1v) is 6.36. The Morgan fingerprint density at radius 3 is 2.94 bits per heavy atom. The van der Waals surface area contributed by atoms with Crippen LogP contribution in [0.15, 0.2) is 24.3 Å². The largest absolute Gasteiger partial charge is 0.355 e. The van der Waals surface area contributed by atoms with Gasteiger partial charge in [-0.25, -0.2) is 0 Å². The normalized spacial score (nSPS) is 17.1. The summed E-state index contributed by atoms with van der Waals surface area (Å²) in [5, 5.41) is 3.00. The standard InChI is InChI=1S/C14H20N2O/c15-8-4-3-7-14(17)16-10-12-9-11-5-1-2-6-13(11)12/h1-2,5-6,12H,3-4,7-10,15H2,(H,16,17). The molecule has 0 saturated heterocycles. The molecule has 3 heteroatoms. The highest BCUT2D eigenvalue weighted by atomic mass is 16.1. The Morgan fingerprint density at radius 1 is 1.35 bits per heavy atom. The molecule has 0 heterocycles. The van der Waals surface area contributed by atoms with Crippen LogP contribution in [-0.2, 0) is 11.2 Å². The summed E-state index contributed by atoms with van der Waals surface area (Å²) in [5.74, 6) is 0.674. The van der Waals surface area contributed by atoms with Gasteiger partial charge in [-0.3, -0.25) is 4.79 Å². The average Bonchev–Trinajstić information content (AvgIpc) is 2.31. The van der Waals surface area contributed by atoms with Gasteiger partial charge in [-0.15, -0.1) is 0 Å². The third kappa shape index (κ3) is 3.07. The Labute approximate surface area is 102 Å². The van der Waals surface area contributed by atoms with Crippen molar-refractivity contribution < 1.29 is 4.79 Å². The van der Waals surface area contributed by atoms with E-state index in [1.807, 2.05) is 0 Å². The van der Waals surface area contributed by atoms with Gasteiger partial charge in [-0.05, 0) is 36.9 Å². The van der Waals surface area contributed by atoms with Crippen molar-refractivity contribution in [3.8, 4) is 0 Å². The van der Waals surface area contributed by atoms with Crippen molar-refractivity contribution >= 4 is 5.91 Å². The summed E-state index contributed by atoms with van der Waals surface area (Å²) in [6, 6.07) is 8.45. The second-order valence-corrected chi connectivity index (χ2v) is 4.65. The van der Waals surface area contributed by atoms with Gasteiger partial charge in [-0.1, -0.05) is 24.3 Å². The van der Waals surface area contributed by atoms with Crippen molar-refractivity contribution in [2.24, 2.45) is 5.73 Å². The fraction of sp³-hybridized carbons (Fsp3) is 0.500. The predicted octanol–water partition coefficient (Wildman–Crippen LogP) is 1.57. The van der Waals surface area contributed by atoms with E-state index in [0.29, 0.717) is 18.9 Å². The van der Waals surface area contributed by atoms with E-state index in [0.717, 1.165) is 25.8 Å². The lowest BCUT2D eigenvalue weighted by molar-refractivity contribution is -0.121. The fourth-order valence-corrected chi connectivity index (χ4v) is 2.30. The van der Waals surface area contributed by atoms with E-state index in [4.69, 9.17) is 5.73 Å². The molecule has 3 nitrogen and oxygen atoms in total. The topological polar surface area (TPSA) is 55.1 Å². The minimum atomic E-state index is 0.155. The minimum Gasteiger partial charge on any atom is -0.355 e. The van der Waals surface area contributed by atoms with Crippen molar-refractivity contribution in [1.82, 2.24) is 5.32 Å². The zero-order valence-electron chi connectivity index (χ0n) is 10.1. The maximum absolute atomic E-state index is 11.5. The summed E-state index contributed by atoms with van der Waals surface area (Å²) < 4.78 is 0. The van der Waals surface area contributed by atoms with E-state index < -0.39 is 0 Å². The summed E-state index contributed by atoms with van der Waals surface area (Å²) in [4.78, 5) is 11.5. The maximum Gasteiger partial charge on any atom is 0.220 e. The van der Waals surface area contributed by atoms with Gasteiger partial charge in [0.1, 0.15) is 0 Å². The SMILES string of the molecule is NCCCCC(=O)NCC1Cc2ccccc21. The summed E-state index contributed by atoms with van der Waals surface area (Å²) in [6.45, 7) is 1.45. The number of benzene rings is 1. The summed E-state index contributed by atoms with van der Waals surface area (Å²) in [6.07, 6.45) is 3.52. The van der Waals surface area contributed by atoms with Gasteiger partial charge in [0.25, 0.3) is 0 Å². The zero-order valence-corrected chi connectivity index (χ0v) is 10.1. The van der Waals surface area contributed by atoms with Gasteiger partial charge in [0, 0.05) is 18.9 Å². The first kappa shape index (κ1) is 12.1. The number of hydrogen-bond acceptors (Lipinski definition) is 2. The molecule has 1 aromatic carbocycles. The number of hydrogen-bond donors (Lipinski definition) is 2. The van der Waals surface area contributed by atoms with Crippen molar-refractivity contribution in [1.29, 1.82) is 0 Å².